The molecule has 0 bridgehead atoms. The van der Waals surface area contributed by atoms with E-state index in [-0.39, 0.29) is 36.9 Å². The number of carboxylic acids is 1. The van der Waals surface area contributed by atoms with E-state index < -0.39 is 5.97 Å². The fourth-order valence-electron chi connectivity index (χ4n) is 3.25. The molecule has 2 N–H and O–H groups in total. The highest BCUT2D eigenvalue weighted by Gasteiger charge is 2.44. The molecule has 1 fully saturated rings. The molecule has 1 aliphatic carbocycles. The number of hydrogen-bond donors (Lipinski definition) is 2. The number of aliphatic carboxylic acids is 1. The molecule has 0 amide bonds. The first kappa shape index (κ1) is 18.6. The van der Waals surface area contributed by atoms with Gasteiger partial charge in [0.2, 0.25) is 0 Å². The van der Waals surface area contributed by atoms with Crippen LogP contribution in [0.15, 0.2) is 12.8 Å². The Hall–Kier alpha value is -1.40. The van der Waals surface area contributed by atoms with Crippen LogP contribution in [0.5, 0.6) is 0 Å². The van der Waals surface area contributed by atoms with Crippen molar-refractivity contribution in [1.82, 2.24) is 0 Å². The van der Waals surface area contributed by atoms with Crippen molar-refractivity contribution in [3.63, 3.8) is 0 Å². The van der Waals surface area contributed by atoms with E-state index in [1.165, 1.54) is 6.26 Å². The normalized spacial score (nSPS) is 27.5. The van der Waals surface area contributed by atoms with E-state index in [0.717, 1.165) is 32.0 Å². The quantitative estimate of drug-likeness (QED) is 0.189. The second-order valence-electron chi connectivity index (χ2n) is 5.80. The lowest BCUT2D eigenvalue weighted by Crippen LogP contribution is -2.24. The Kier molecular flexibility index (Phi) is 8.77. The fourth-order valence-corrected chi connectivity index (χ4v) is 3.25. The highest BCUT2D eigenvalue weighted by molar-refractivity contribution is 5.66. The molecule has 1 saturated carbocycles. The van der Waals surface area contributed by atoms with Gasteiger partial charge in [-0.1, -0.05) is 25.8 Å². The molecular formula is C16H26O6. The van der Waals surface area contributed by atoms with Crippen LogP contribution in [-0.2, 0) is 19.4 Å². The number of aldehydes is 1. The highest BCUT2D eigenvalue weighted by Crippen LogP contribution is 2.40. The van der Waals surface area contributed by atoms with Crippen LogP contribution >= 0.6 is 0 Å². The van der Waals surface area contributed by atoms with Crippen LogP contribution < -0.4 is 0 Å². The third kappa shape index (κ3) is 5.77. The lowest BCUT2D eigenvalue weighted by molar-refractivity contribution is -0.291. The van der Waals surface area contributed by atoms with Gasteiger partial charge in [-0.3, -0.25) is 4.79 Å². The number of carbonyl (C=O) groups is 2. The maximum atomic E-state index is 11.3. The second kappa shape index (κ2) is 10.3. The minimum absolute atomic E-state index is 0.0223. The predicted octanol–water partition coefficient (Wildman–Crippen LogP) is 2.32. The smallest absolute Gasteiger partial charge is 0.303 e. The summed E-state index contributed by atoms with van der Waals surface area (Å²) in [4.78, 5) is 31.8. The van der Waals surface area contributed by atoms with Crippen molar-refractivity contribution in [2.45, 2.75) is 51.0 Å². The van der Waals surface area contributed by atoms with Gasteiger partial charge in [0, 0.05) is 18.9 Å². The Balaban J connectivity index is 2.41. The summed E-state index contributed by atoms with van der Waals surface area (Å²) in [6.45, 7) is 3.39. The van der Waals surface area contributed by atoms with Crippen molar-refractivity contribution in [3.8, 4) is 0 Å². The first-order valence-corrected chi connectivity index (χ1v) is 7.85. The Morgan fingerprint density at radius 2 is 2.00 bits per heavy atom. The van der Waals surface area contributed by atoms with Crippen LogP contribution in [0.3, 0.4) is 0 Å². The largest absolute Gasteiger partial charge is 0.481 e. The van der Waals surface area contributed by atoms with Gasteiger partial charge < -0.3 is 19.9 Å². The zero-order chi connectivity index (χ0) is 16.4. The average Bonchev–Trinajstić information content (AvgIpc) is 2.85. The molecule has 1 aliphatic rings. The summed E-state index contributed by atoms with van der Waals surface area (Å²) in [5.41, 5.74) is 0. The summed E-state index contributed by atoms with van der Waals surface area (Å²) in [7, 11) is 0. The van der Waals surface area contributed by atoms with Crippen LogP contribution in [0.2, 0.25) is 0 Å². The van der Waals surface area contributed by atoms with Crippen LogP contribution in [0, 0.1) is 17.8 Å². The second-order valence-corrected chi connectivity index (χ2v) is 5.80. The Morgan fingerprint density at radius 3 is 2.59 bits per heavy atom. The first-order valence-electron chi connectivity index (χ1n) is 7.85. The Bertz CT molecular complexity index is 357. The Morgan fingerprint density at radius 1 is 1.27 bits per heavy atom. The SMILES string of the molecule is C=COOC1C[C@H](CO)[C@@H](C=O)[C@@H]1CCCCCCC(=O)O. The number of unbranched alkanes of at least 4 members (excludes halogenated alkanes) is 3. The van der Waals surface area contributed by atoms with E-state index in [4.69, 9.17) is 14.9 Å². The van der Waals surface area contributed by atoms with Crippen molar-refractivity contribution in [2.24, 2.45) is 17.8 Å². The van der Waals surface area contributed by atoms with Gasteiger partial charge >= 0.3 is 5.97 Å². The maximum Gasteiger partial charge on any atom is 0.303 e. The van der Waals surface area contributed by atoms with Crippen molar-refractivity contribution < 1.29 is 29.6 Å². The number of carboxylic acid groups (broad SMARTS) is 1. The van der Waals surface area contributed by atoms with Gasteiger partial charge in [0.15, 0.2) is 0 Å². The first-order chi connectivity index (χ1) is 10.6. The molecule has 0 spiro atoms. The van der Waals surface area contributed by atoms with Crippen molar-refractivity contribution in [1.29, 1.82) is 0 Å². The lowest BCUT2D eigenvalue weighted by Gasteiger charge is -2.21. The van der Waals surface area contributed by atoms with Gasteiger partial charge in [-0.2, -0.15) is 4.89 Å². The number of carbonyl (C=O) groups excluding carboxylic acids is 1. The van der Waals surface area contributed by atoms with Crippen LogP contribution in [0.1, 0.15) is 44.9 Å². The van der Waals surface area contributed by atoms with Gasteiger partial charge in [0.25, 0.3) is 0 Å². The highest BCUT2D eigenvalue weighted by atomic mass is 17.2. The minimum atomic E-state index is -0.766. The summed E-state index contributed by atoms with van der Waals surface area (Å²) in [6.07, 6.45) is 6.86. The van der Waals surface area contributed by atoms with Gasteiger partial charge in [-0.05, 0) is 31.1 Å². The molecule has 126 valence electrons. The van der Waals surface area contributed by atoms with Crippen molar-refractivity contribution in [3.05, 3.63) is 12.8 Å². The zero-order valence-corrected chi connectivity index (χ0v) is 12.9. The molecular weight excluding hydrogens is 288 g/mol. The standard InChI is InChI=1S/C16H26O6/c1-2-21-22-15-9-12(10-17)14(11-18)13(15)7-5-3-4-6-8-16(19)20/h2,11-15,17H,1,3-10H2,(H,19,20)/t12-,13+,14-,15?/m1/s1. The van der Waals surface area contributed by atoms with Crippen molar-refractivity contribution >= 4 is 12.3 Å². The maximum absolute atomic E-state index is 11.3. The molecule has 6 nitrogen and oxygen atoms in total. The molecule has 0 aromatic carbocycles. The molecule has 0 saturated heterocycles. The number of aliphatic hydroxyl groups is 1. The summed E-state index contributed by atoms with van der Waals surface area (Å²) in [6, 6.07) is 0. The van der Waals surface area contributed by atoms with E-state index in [0.29, 0.717) is 12.8 Å². The van der Waals surface area contributed by atoms with E-state index >= 15 is 0 Å². The molecule has 0 radical (unpaired) electrons. The van der Waals surface area contributed by atoms with Gasteiger partial charge in [0.05, 0.1) is 0 Å². The predicted molar refractivity (Wildman–Crippen MR) is 79.7 cm³/mol. The molecule has 1 unspecified atom stereocenters. The average molecular weight is 314 g/mol. The molecule has 6 heteroatoms. The van der Waals surface area contributed by atoms with E-state index in [9.17, 15) is 14.7 Å². The molecule has 0 aliphatic heterocycles. The molecule has 0 heterocycles. The third-order valence-electron chi connectivity index (χ3n) is 4.37. The number of aliphatic hydroxyl groups excluding tert-OH is 1. The summed E-state index contributed by atoms with van der Waals surface area (Å²) < 4.78 is 0. The minimum Gasteiger partial charge on any atom is -0.481 e. The topological polar surface area (TPSA) is 93.1 Å². The van der Waals surface area contributed by atoms with Crippen LogP contribution in [0.25, 0.3) is 0 Å². The summed E-state index contributed by atoms with van der Waals surface area (Å²) in [5, 5.41) is 18.0. The molecule has 22 heavy (non-hydrogen) atoms. The van der Waals surface area contributed by atoms with Crippen molar-refractivity contribution in [2.75, 3.05) is 6.61 Å². The molecule has 4 atom stereocenters. The summed E-state index contributed by atoms with van der Waals surface area (Å²) in [5.74, 6) is -1.05. The van der Waals surface area contributed by atoms with E-state index in [1.54, 1.807) is 0 Å². The van der Waals surface area contributed by atoms with Gasteiger partial charge in [-0.15, -0.1) is 0 Å². The molecule has 0 aromatic rings. The third-order valence-corrected chi connectivity index (χ3v) is 4.37. The molecule has 1 rings (SSSR count). The van der Waals surface area contributed by atoms with E-state index in [1.807, 2.05) is 0 Å². The van der Waals surface area contributed by atoms with Gasteiger partial charge in [0.1, 0.15) is 18.7 Å². The monoisotopic (exact) mass is 314 g/mol. The fraction of sp³-hybridized carbons (Fsp3) is 0.750. The Labute approximate surface area is 131 Å². The molecule has 0 aromatic heterocycles. The van der Waals surface area contributed by atoms with Gasteiger partial charge in [-0.25, -0.2) is 0 Å². The van der Waals surface area contributed by atoms with E-state index in [2.05, 4.69) is 6.58 Å². The van der Waals surface area contributed by atoms with Crippen LogP contribution in [0.4, 0.5) is 0 Å². The summed E-state index contributed by atoms with van der Waals surface area (Å²) >= 11 is 0. The number of hydrogen-bond acceptors (Lipinski definition) is 5. The van der Waals surface area contributed by atoms with Crippen LogP contribution in [-0.4, -0.2) is 35.2 Å². The number of rotatable bonds is 12. The zero-order valence-electron chi connectivity index (χ0n) is 12.9. The lowest BCUT2D eigenvalue weighted by atomic mass is 9.87.